The maximum absolute atomic E-state index is 12.2. The molecule has 1 aliphatic rings. The van der Waals surface area contributed by atoms with Gasteiger partial charge in [0.2, 0.25) is 0 Å². The quantitative estimate of drug-likeness (QED) is 0.337. The molecule has 0 bridgehead atoms. The Kier molecular flexibility index (Phi) is 9.19. The van der Waals surface area contributed by atoms with Crippen molar-refractivity contribution in [2.45, 2.75) is 45.4 Å². The van der Waals surface area contributed by atoms with Crippen LogP contribution < -0.4 is 10.1 Å². The van der Waals surface area contributed by atoms with E-state index in [1.54, 1.807) is 0 Å². The maximum Gasteiger partial charge on any atom is 0.411 e. The van der Waals surface area contributed by atoms with E-state index >= 15 is 0 Å². The summed E-state index contributed by atoms with van der Waals surface area (Å²) >= 11 is 0. The van der Waals surface area contributed by atoms with Crippen molar-refractivity contribution in [2.75, 3.05) is 44.7 Å². The molecule has 0 aliphatic carbocycles. The van der Waals surface area contributed by atoms with Crippen LogP contribution in [-0.2, 0) is 4.74 Å². The van der Waals surface area contributed by atoms with E-state index in [1.165, 1.54) is 19.3 Å². The Morgan fingerprint density at radius 1 is 1.19 bits per heavy atom. The Hall–Kier alpha value is -2.01. The van der Waals surface area contributed by atoms with Gasteiger partial charge in [-0.2, -0.15) is 0 Å². The van der Waals surface area contributed by atoms with Crippen molar-refractivity contribution in [1.29, 1.82) is 0 Å². The van der Waals surface area contributed by atoms with E-state index in [9.17, 15) is 4.79 Å². The zero-order valence-electron chi connectivity index (χ0n) is 16.8. The van der Waals surface area contributed by atoms with Gasteiger partial charge in [0.25, 0.3) is 0 Å². The van der Waals surface area contributed by atoms with Gasteiger partial charge in [0.1, 0.15) is 18.9 Å². The molecular weight excluding hydrogens is 340 g/mol. The fourth-order valence-electron chi connectivity index (χ4n) is 3.66. The van der Waals surface area contributed by atoms with Crippen molar-refractivity contribution in [2.24, 2.45) is 0 Å². The molecule has 0 aromatic heterocycles. The summed E-state index contributed by atoms with van der Waals surface area (Å²) in [5.41, 5.74) is 0.659. The molecule has 1 amide bonds. The smallest absolute Gasteiger partial charge is 0.411 e. The van der Waals surface area contributed by atoms with Gasteiger partial charge in [0.15, 0.2) is 0 Å². The predicted molar refractivity (Wildman–Crippen MR) is 110 cm³/mol. The fourth-order valence-corrected chi connectivity index (χ4v) is 3.66. The number of hydrogen-bond donors (Lipinski definition) is 1. The first-order valence-corrected chi connectivity index (χ1v) is 10.3. The monoisotopic (exact) mass is 375 g/mol. The van der Waals surface area contributed by atoms with Gasteiger partial charge in [0.05, 0.1) is 31.9 Å². The molecule has 0 saturated carbocycles. The third-order valence-electron chi connectivity index (χ3n) is 5.21. The zero-order valence-corrected chi connectivity index (χ0v) is 16.8. The number of ether oxygens (including phenoxy) is 2. The zero-order chi connectivity index (χ0) is 19.4. The van der Waals surface area contributed by atoms with Crippen LogP contribution in [-0.4, -0.2) is 50.0 Å². The van der Waals surface area contributed by atoms with Crippen LogP contribution in [0.1, 0.15) is 45.4 Å². The standard InChI is InChI=1S/C22H34N2O3/c1-3-5-11-18-26-21-13-8-7-12-20(21)23-22(25)27-19-17-24(14-4-2)15-9-6-10-16-24/h4,7-8,12-13H,2-3,5-6,9-11,14-19H2,1H3/p+1. The number of carbonyl (C=O) groups is 1. The molecule has 1 aromatic rings. The summed E-state index contributed by atoms with van der Waals surface area (Å²) in [7, 11) is 0. The summed E-state index contributed by atoms with van der Waals surface area (Å²) in [6.07, 6.45) is 8.65. The molecule has 1 fully saturated rings. The van der Waals surface area contributed by atoms with Gasteiger partial charge in [-0.15, -0.1) is 0 Å². The first kappa shape index (κ1) is 21.3. The number of para-hydroxylation sites is 2. The molecule has 1 heterocycles. The van der Waals surface area contributed by atoms with E-state index < -0.39 is 6.09 Å². The van der Waals surface area contributed by atoms with Crippen molar-refractivity contribution in [3.63, 3.8) is 0 Å². The fraction of sp³-hybridized carbons (Fsp3) is 0.591. The second-order valence-corrected chi connectivity index (χ2v) is 7.36. The van der Waals surface area contributed by atoms with Crippen LogP contribution in [0, 0.1) is 0 Å². The number of nitrogens with zero attached hydrogens (tertiary/aromatic N) is 1. The molecule has 0 unspecified atom stereocenters. The molecule has 0 atom stereocenters. The number of likely N-dealkylation sites (tertiary alicyclic amines) is 1. The maximum atomic E-state index is 12.2. The number of unbranched alkanes of at least 4 members (excludes halogenated alkanes) is 2. The minimum absolute atomic E-state index is 0.416. The highest BCUT2D eigenvalue weighted by atomic mass is 16.5. The molecule has 2 rings (SSSR count). The summed E-state index contributed by atoms with van der Waals surface area (Å²) in [6, 6.07) is 7.50. The molecule has 0 radical (unpaired) electrons. The predicted octanol–water partition coefficient (Wildman–Crippen LogP) is 4.99. The van der Waals surface area contributed by atoms with E-state index in [4.69, 9.17) is 9.47 Å². The highest BCUT2D eigenvalue weighted by Gasteiger charge is 2.28. The largest absolute Gasteiger partial charge is 0.491 e. The number of benzene rings is 1. The summed E-state index contributed by atoms with van der Waals surface area (Å²) in [5, 5.41) is 2.82. The molecule has 27 heavy (non-hydrogen) atoms. The molecule has 1 N–H and O–H groups in total. The lowest BCUT2D eigenvalue weighted by Crippen LogP contribution is -2.53. The van der Waals surface area contributed by atoms with Gasteiger partial charge in [0, 0.05) is 0 Å². The van der Waals surface area contributed by atoms with E-state index in [1.807, 2.05) is 30.3 Å². The lowest BCUT2D eigenvalue weighted by Gasteiger charge is -2.40. The molecule has 1 saturated heterocycles. The number of hydrogen-bond acceptors (Lipinski definition) is 3. The first-order chi connectivity index (χ1) is 13.2. The van der Waals surface area contributed by atoms with Gasteiger partial charge in [-0.3, -0.25) is 5.32 Å². The minimum Gasteiger partial charge on any atom is -0.491 e. The number of nitrogens with one attached hydrogen (secondary N) is 1. The van der Waals surface area contributed by atoms with Gasteiger partial charge < -0.3 is 14.0 Å². The van der Waals surface area contributed by atoms with E-state index in [0.29, 0.717) is 24.7 Å². The second-order valence-electron chi connectivity index (χ2n) is 7.36. The average molecular weight is 376 g/mol. The topological polar surface area (TPSA) is 47.6 Å². The molecule has 1 aromatic carbocycles. The molecular formula is C22H35N2O3+. The number of piperidine rings is 1. The van der Waals surface area contributed by atoms with Crippen molar-refractivity contribution < 1.29 is 18.8 Å². The summed E-state index contributed by atoms with van der Waals surface area (Å²) in [4.78, 5) is 12.2. The van der Waals surface area contributed by atoms with Crippen LogP contribution in [0.4, 0.5) is 10.5 Å². The minimum atomic E-state index is -0.423. The van der Waals surface area contributed by atoms with Gasteiger partial charge in [-0.1, -0.05) is 38.5 Å². The number of rotatable bonds is 11. The number of carbonyl (C=O) groups excluding carboxylic acids is 1. The van der Waals surface area contributed by atoms with Crippen molar-refractivity contribution in [1.82, 2.24) is 0 Å². The summed E-state index contributed by atoms with van der Waals surface area (Å²) in [5.74, 6) is 0.691. The van der Waals surface area contributed by atoms with Gasteiger partial charge in [-0.25, -0.2) is 4.79 Å². The molecule has 0 spiro atoms. The lowest BCUT2D eigenvalue weighted by atomic mass is 10.1. The van der Waals surface area contributed by atoms with Crippen molar-refractivity contribution in [3.05, 3.63) is 36.9 Å². The molecule has 5 nitrogen and oxygen atoms in total. The Labute approximate surface area is 163 Å². The Morgan fingerprint density at radius 2 is 1.96 bits per heavy atom. The van der Waals surface area contributed by atoms with E-state index in [-0.39, 0.29) is 0 Å². The molecule has 150 valence electrons. The number of amides is 1. The van der Waals surface area contributed by atoms with Crippen LogP contribution >= 0.6 is 0 Å². The summed E-state index contributed by atoms with van der Waals surface area (Å²) < 4.78 is 12.2. The van der Waals surface area contributed by atoms with E-state index in [2.05, 4.69) is 18.8 Å². The van der Waals surface area contributed by atoms with Crippen LogP contribution in [0.2, 0.25) is 0 Å². The second kappa shape index (κ2) is 11.7. The van der Waals surface area contributed by atoms with Gasteiger partial charge >= 0.3 is 6.09 Å². The Balaban J connectivity index is 1.80. The SMILES string of the molecule is C=CC[N+]1(CCOC(=O)Nc2ccccc2OCCCCC)CCCCC1. The van der Waals surface area contributed by atoms with E-state index in [0.717, 1.165) is 49.9 Å². The number of anilines is 1. The third-order valence-corrected chi connectivity index (χ3v) is 5.21. The summed E-state index contributed by atoms with van der Waals surface area (Å²) in [6.45, 7) is 11.2. The van der Waals surface area contributed by atoms with Crippen LogP contribution in [0.25, 0.3) is 0 Å². The number of quaternary nitrogens is 1. The first-order valence-electron chi connectivity index (χ1n) is 10.3. The average Bonchev–Trinajstić information content (AvgIpc) is 2.67. The van der Waals surface area contributed by atoms with Crippen LogP contribution in [0.5, 0.6) is 5.75 Å². The third kappa shape index (κ3) is 7.25. The molecule has 1 aliphatic heterocycles. The lowest BCUT2D eigenvalue weighted by molar-refractivity contribution is -0.927. The van der Waals surface area contributed by atoms with Gasteiger partial charge in [-0.05, 0) is 43.9 Å². The normalized spacial score (nSPS) is 15.7. The Bertz CT molecular complexity index is 583. The Morgan fingerprint density at radius 3 is 2.70 bits per heavy atom. The van der Waals surface area contributed by atoms with Crippen molar-refractivity contribution in [3.8, 4) is 5.75 Å². The van der Waals surface area contributed by atoms with Crippen LogP contribution in [0.3, 0.4) is 0 Å². The highest BCUT2D eigenvalue weighted by molar-refractivity contribution is 5.86. The van der Waals surface area contributed by atoms with Crippen LogP contribution in [0.15, 0.2) is 36.9 Å². The van der Waals surface area contributed by atoms with Crippen molar-refractivity contribution >= 4 is 11.8 Å². The molecule has 5 heteroatoms. The highest BCUT2D eigenvalue weighted by Crippen LogP contribution is 2.24.